The largest absolute Gasteiger partial charge is 0.376 e. The molecule has 0 radical (unpaired) electrons. The van der Waals surface area contributed by atoms with Crippen LogP contribution in [-0.2, 0) is 10.3 Å². The lowest BCUT2D eigenvalue weighted by atomic mass is 9.64. The van der Waals surface area contributed by atoms with Crippen molar-refractivity contribution in [2.75, 3.05) is 18.5 Å². The Bertz CT molecular complexity index is 1160. The summed E-state index contributed by atoms with van der Waals surface area (Å²) in [6.45, 7) is 18.9. The fourth-order valence-corrected chi connectivity index (χ4v) is 4.82. The summed E-state index contributed by atoms with van der Waals surface area (Å²) in [6, 6.07) is 16.6. The monoisotopic (exact) mass is 504 g/mol. The number of allylic oxidation sites excluding steroid dienone is 2. The Hall–Kier alpha value is -2.88. The van der Waals surface area contributed by atoms with E-state index in [4.69, 9.17) is 16.3 Å². The normalized spacial score (nSPS) is 18.6. The zero-order valence-corrected chi connectivity index (χ0v) is 23.2. The van der Waals surface area contributed by atoms with Crippen LogP contribution in [0.25, 0.3) is 10.9 Å². The van der Waals surface area contributed by atoms with Gasteiger partial charge in [0.2, 0.25) is 0 Å². The zero-order valence-electron chi connectivity index (χ0n) is 22.5. The number of pyridine rings is 1. The Morgan fingerprint density at radius 3 is 2.56 bits per heavy atom. The van der Waals surface area contributed by atoms with E-state index in [1.807, 2.05) is 64.2 Å². The molecular weight excluding hydrogens is 464 g/mol. The fraction of sp³-hybridized carbons (Fsp3) is 0.344. The molecule has 0 bridgehead atoms. The summed E-state index contributed by atoms with van der Waals surface area (Å²) in [4.78, 5) is 4.51. The van der Waals surface area contributed by atoms with Crippen LogP contribution in [-0.4, -0.2) is 18.2 Å². The number of aromatic nitrogens is 1. The van der Waals surface area contributed by atoms with Gasteiger partial charge in [-0.3, -0.25) is 4.98 Å². The van der Waals surface area contributed by atoms with E-state index in [1.54, 1.807) is 6.08 Å². The lowest BCUT2D eigenvalue weighted by molar-refractivity contribution is 0.0468. The molecule has 3 nitrogen and oxygen atoms in total. The quantitative estimate of drug-likeness (QED) is 0.295. The molecule has 36 heavy (non-hydrogen) atoms. The summed E-state index contributed by atoms with van der Waals surface area (Å²) in [7, 11) is 0. The van der Waals surface area contributed by atoms with Gasteiger partial charge in [0, 0.05) is 22.3 Å². The number of nitrogens with one attached hydrogen (secondary N) is 1. The Balaban J connectivity index is 0.00000109. The van der Waals surface area contributed by atoms with E-state index in [1.165, 1.54) is 5.56 Å². The summed E-state index contributed by atoms with van der Waals surface area (Å²) in [5.41, 5.74) is 5.30. The Morgan fingerprint density at radius 2 is 1.86 bits per heavy atom. The number of fused-ring (bicyclic) bond motifs is 1. The number of nitrogens with zero attached hydrogens (tertiary/aromatic N) is 1. The van der Waals surface area contributed by atoms with E-state index in [0.717, 1.165) is 45.6 Å². The van der Waals surface area contributed by atoms with Gasteiger partial charge in [-0.15, -0.1) is 0 Å². The first-order valence-electron chi connectivity index (χ1n) is 12.9. The minimum Gasteiger partial charge on any atom is -0.376 e. The van der Waals surface area contributed by atoms with Crippen molar-refractivity contribution < 1.29 is 4.74 Å². The van der Waals surface area contributed by atoms with Gasteiger partial charge >= 0.3 is 0 Å². The van der Waals surface area contributed by atoms with Gasteiger partial charge < -0.3 is 10.1 Å². The predicted octanol–water partition coefficient (Wildman–Crippen LogP) is 9.28. The highest BCUT2D eigenvalue weighted by atomic mass is 35.5. The summed E-state index contributed by atoms with van der Waals surface area (Å²) >= 11 is 6.50. The summed E-state index contributed by atoms with van der Waals surface area (Å²) < 4.78 is 5.98. The van der Waals surface area contributed by atoms with Crippen LogP contribution < -0.4 is 5.32 Å². The van der Waals surface area contributed by atoms with Gasteiger partial charge in [0.25, 0.3) is 0 Å². The van der Waals surface area contributed by atoms with Crippen molar-refractivity contribution in [1.29, 1.82) is 0 Å². The van der Waals surface area contributed by atoms with Crippen LogP contribution in [0.1, 0.15) is 51.7 Å². The van der Waals surface area contributed by atoms with Gasteiger partial charge in [0.05, 0.1) is 24.3 Å². The third kappa shape index (κ3) is 7.09. The lowest BCUT2D eigenvalue weighted by Crippen LogP contribution is -2.49. The van der Waals surface area contributed by atoms with Crippen LogP contribution in [0.15, 0.2) is 91.7 Å². The number of rotatable bonds is 9. The minimum atomic E-state index is -0.177. The molecule has 1 saturated carbocycles. The molecule has 0 aliphatic heterocycles. The maximum atomic E-state index is 6.50. The lowest BCUT2D eigenvalue weighted by Gasteiger charge is -2.50. The maximum absolute atomic E-state index is 6.50. The smallest absolute Gasteiger partial charge is 0.0722 e. The maximum Gasteiger partial charge on any atom is 0.0722 e. The van der Waals surface area contributed by atoms with Crippen LogP contribution in [0.4, 0.5) is 5.69 Å². The van der Waals surface area contributed by atoms with Crippen LogP contribution >= 0.6 is 11.6 Å². The molecule has 0 amide bonds. The molecule has 0 spiro atoms. The molecule has 1 fully saturated rings. The number of halogens is 1. The molecule has 1 N–H and O–H groups in total. The average molecular weight is 505 g/mol. The van der Waals surface area contributed by atoms with Gasteiger partial charge in [-0.25, -0.2) is 0 Å². The molecule has 192 valence electrons. The third-order valence-electron chi connectivity index (χ3n) is 6.26. The van der Waals surface area contributed by atoms with Crippen molar-refractivity contribution in [1.82, 2.24) is 4.98 Å². The van der Waals surface area contributed by atoms with Crippen molar-refractivity contribution in [3.63, 3.8) is 0 Å². The SMILES string of the molecule is C=C/C=C(\C=C)COCC1CC(Nc2ccc3cccnc3c2)(c2cccc(Cl)c2C)C1.CC.CC. The second-order valence-corrected chi connectivity index (χ2v) is 8.91. The highest BCUT2D eigenvalue weighted by molar-refractivity contribution is 6.31. The highest BCUT2D eigenvalue weighted by Gasteiger charge is 2.46. The molecule has 3 aromatic rings. The number of hydrogen-bond acceptors (Lipinski definition) is 3. The van der Waals surface area contributed by atoms with Crippen LogP contribution in [0, 0.1) is 12.8 Å². The molecular formula is C32H41ClN2O. The molecule has 1 aromatic heterocycles. The van der Waals surface area contributed by atoms with Gasteiger partial charge in [-0.2, -0.15) is 0 Å². The summed E-state index contributed by atoms with van der Waals surface area (Å²) in [6.07, 6.45) is 9.29. The van der Waals surface area contributed by atoms with Crippen LogP contribution in [0.5, 0.6) is 0 Å². The molecule has 0 atom stereocenters. The molecule has 1 aliphatic carbocycles. The highest BCUT2D eigenvalue weighted by Crippen LogP contribution is 2.50. The molecule has 2 aromatic carbocycles. The molecule has 4 rings (SSSR count). The Labute approximate surface area is 222 Å². The van der Waals surface area contributed by atoms with E-state index < -0.39 is 0 Å². The van der Waals surface area contributed by atoms with Crippen LogP contribution in [0.2, 0.25) is 5.02 Å². The molecule has 0 saturated heterocycles. The van der Waals surface area contributed by atoms with Gasteiger partial charge in [0.15, 0.2) is 0 Å². The van der Waals surface area contributed by atoms with Gasteiger partial charge in [0.1, 0.15) is 0 Å². The van der Waals surface area contributed by atoms with Crippen molar-refractivity contribution in [3.8, 4) is 0 Å². The minimum absolute atomic E-state index is 0.177. The first-order chi connectivity index (χ1) is 17.5. The summed E-state index contributed by atoms with van der Waals surface area (Å²) in [5.74, 6) is 0.467. The first-order valence-corrected chi connectivity index (χ1v) is 13.3. The van der Waals surface area contributed by atoms with E-state index in [0.29, 0.717) is 19.1 Å². The molecule has 1 heterocycles. The molecule has 0 unspecified atom stereocenters. The second-order valence-electron chi connectivity index (χ2n) is 8.50. The standard InChI is InChI=1S/C28H29ClN2O.2C2H6/c1-4-8-21(5-2)18-32-19-22-16-28(17-22,25-10-6-11-26(29)20(25)3)31-24-13-12-23-9-7-14-30-27(23)15-24;2*1-2/h4-15,22,31H,1-2,16-19H2,3H3;2*1-2H3/b21-8+;;. The van der Waals surface area contributed by atoms with E-state index in [9.17, 15) is 0 Å². The van der Waals surface area contributed by atoms with Crippen LogP contribution in [0.3, 0.4) is 0 Å². The zero-order chi connectivity index (χ0) is 26.6. The topological polar surface area (TPSA) is 34.1 Å². The van der Waals surface area contributed by atoms with E-state index in [2.05, 4.69) is 60.7 Å². The third-order valence-corrected chi connectivity index (χ3v) is 6.67. The average Bonchev–Trinajstić information content (AvgIpc) is 2.90. The fourth-order valence-electron chi connectivity index (χ4n) is 4.65. The van der Waals surface area contributed by atoms with Crippen molar-refractivity contribution >= 4 is 28.2 Å². The van der Waals surface area contributed by atoms with E-state index >= 15 is 0 Å². The molecule has 4 heteroatoms. The van der Waals surface area contributed by atoms with E-state index in [-0.39, 0.29) is 5.54 Å². The Morgan fingerprint density at radius 1 is 1.11 bits per heavy atom. The number of benzene rings is 2. The number of ether oxygens (including phenoxy) is 1. The first kappa shape index (κ1) is 29.4. The van der Waals surface area contributed by atoms with Gasteiger partial charge in [-0.05, 0) is 66.6 Å². The number of anilines is 1. The van der Waals surface area contributed by atoms with Crippen molar-refractivity contribution in [2.45, 2.75) is 53.0 Å². The van der Waals surface area contributed by atoms with Crippen molar-refractivity contribution in [2.24, 2.45) is 5.92 Å². The Kier molecular flexibility index (Phi) is 11.9. The second kappa shape index (κ2) is 14.6. The van der Waals surface area contributed by atoms with Gasteiger partial charge in [-0.1, -0.05) is 94.9 Å². The van der Waals surface area contributed by atoms with Crippen molar-refractivity contribution in [3.05, 3.63) is 108 Å². The number of hydrogen-bond donors (Lipinski definition) is 1. The predicted molar refractivity (Wildman–Crippen MR) is 158 cm³/mol. The molecule has 1 aliphatic rings. The summed E-state index contributed by atoms with van der Waals surface area (Å²) in [5, 5.41) is 5.77.